The smallest absolute Gasteiger partial charge is 0.312 e. The highest BCUT2D eigenvalue weighted by Crippen LogP contribution is 2.30. The van der Waals surface area contributed by atoms with Crippen LogP contribution in [-0.4, -0.2) is 24.6 Å². The second-order valence-corrected chi connectivity index (χ2v) is 4.58. The summed E-state index contributed by atoms with van der Waals surface area (Å²) in [5.74, 6) is -0.494. The standard InChI is InChI=1S/C12H20O4/c1-4-6-12(3,5-2)11(14)16-9-7-10(13)15-8-9/h9H,4-8H2,1-3H3. The molecule has 2 unspecified atom stereocenters. The van der Waals surface area contributed by atoms with Crippen LogP contribution in [0.2, 0.25) is 0 Å². The van der Waals surface area contributed by atoms with Gasteiger partial charge in [0.05, 0.1) is 11.8 Å². The van der Waals surface area contributed by atoms with Gasteiger partial charge in [-0.25, -0.2) is 0 Å². The van der Waals surface area contributed by atoms with E-state index in [1.54, 1.807) is 0 Å². The highest BCUT2D eigenvalue weighted by molar-refractivity contribution is 5.78. The van der Waals surface area contributed by atoms with E-state index in [0.717, 1.165) is 19.3 Å². The number of hydrogen-bond acceptors (Lipinski definition) is 4. The summed E-state index contributed by atoms with van der Waals surface area (Å²) in [6.07, 6.45) is 2.31. The fraction of sp³-hybridized carbons (Fsp3) is 0.833. The second-order valence-electron chi connectivity index (χ2n) is 4.58. The van der Waals surface area contributed by atoms with Crippen LogP contribution in [0, 0.1) is 5.41 Å². The number of esters is 2. The van der Waals surface area contributed by atoms with Crippen LogP contribution >= 0.6 is 0 Å². The van der Waals surface area contributed by atoms with Gasteiger partial charge in [-0.2, -0.15) is 0 Å². The molecular formula is C12H20O4. The Balaban J connectivity index is 2.52. The van der Waals surface area contributed by atoms with E-state index in [1.165, 1.54) is 0 Å². The van der Waals surface area contributed by atoms with Gasteiger partial charge in [-0.3, -0.25) is 9.59 Å². The number of carbonyl (C=O) groups is 2. The summed E-state index contributed by atoms with van der Waals surface area (Å²) < 4.78 is 10.1. The lowest BCUT2D eigenvalue weighted by Crippen LogP contribution is -2.32. The van der Waals surface area contributed by atoms with Crippen LogP contribution < -0.4 is 0 Å². The normalized spacial score (nSPS) is 23.7. The van der Waals surface area contributed by atoms with E-state index in [4.69, 9.17) is 9.47 Å². The molecule has 0 bridgehead atoms. The maximum Gasteiger partial charge on any atom is 0.312 e. The summed E-state index contributed by atoms with van der Waals surface area (Å²) in [4.78, 5) is 22.8. The molecule has 0 aromatic carbocycles. The van der Waals surface area contributed by atoms with Crippen LogP contribution in [0.3, 0.4) is 0 Å². The zero-order chi connectivity index (χ0) is 12.2. The van der Waals surface area contributed by atoms with Crippen molar-refractivity contribution in [1.29, 1.82) is 0 Å². The van der Waals surface area contributed by atoms with E-state index in [1.807, 2.05) is 20.8 Å². The third-order valence-electron chi connectivity index (χ3n) is 3.17. The van der Waals surface area contributed by atoms with Crippen LogP contribution in [0.4, 0.5) is 0 Å². The van der Waals surface area contributed by atoms with Crippen molar-refractivity contribution in [2.24, 2.45) is 5.41 Å². The first kappa shape index (κ1) is 13.0. The maximum atomic E-state index is 12.0. The summed E-state index contributed by atoms with van der Waals surface area (Å²) in [7, 11) is 0. The maximum absolute atomic E-state index is 12.0. The van der Waals surface area contributed by atoms with E-state index in [9.17, 15) is 9.59 Å². The van der Waals surface area contributed by atoms with Crippen LogP contribution in [0.15, 0.2) is 0 Å². The lowest BCUT2D eigenvalue weighted by molar-refractivity contribution is -0.161. The zero-order valence-corrected chi connectivity index (χ0v) is 10.2. The summed E-state index contributed by atoms with van der Waals surface area (Å²) in [5, 5.41) is 0. The van der Waals surface area contributed by atoms with E-state index >= 15 is 0 Å². The minimum Gasteiger partial charge on any atom is -0.462 e. The van der Waals surface area contributed by atoms with Crippen molar-refractivity contribution in [2.45, 2.75) is 52.6 Å². The molecule has 1 fully saturated rings. The Morgan fingerprint density at radius 2 is 2.25 bits per heavy atom. The quantitative estimate of drug-likeness (QED) is 0.676. The van der Waals surface area contributed by atoms with E-state index < -0.39 is 5.41 Å². The molecule has 0 aromatic heterocycles. The van der Waals surface area contributed by atoms with Gasteiger partial charge < -0.3 is 9.47 Å². The van der Waals surface area contributed by atoms with Gasteiger partial charge in [0.15, 0.2) is 0 Å². The molecule has 0 amide bonds. The van der Waals surface area contributed by atoms with E-state index in [-0.39, 0.29) is 31.1 Å². The topological polar surface area (TPSA) is 52.6 Å². The molecule has 4 heteroatoms. The largest absolute Gasteiger partial charge is 0.462 e. The Morgan fingerprint density at radius 3 is 2.69 bits per heavy atom. The van der Waals surface area contributed by atoms with Crippen molar-refractivity contribution in [3.05, 3.63) is 0 Å². The third kappa shape index (κ3) is 2.97. The first-order valence-corrected chi connectivity index (χ1v) is 5.88. The monoisotopic (exact) mass is 228 g/mol. The molecule has 0 spiro atoms. The molecule has 1 saturated heterocycles. The highest BCUT2D eigenvalue weighted by Gasteiger charge is 2.36. The van der Waals surface area contributed by atoms with Crippen LogP contribution in [0.5, 0.6) is 0 Å². The lowest BCUT2D eigenvalue weighted by atomic mass is 9.83. The molecule has 2 atom stereocenters. The van der Waals surface area contributed by atoms with Crippen molar-refractivity contribution in [3.63, 3.8) is 0 Å². The van der Waals surface area contributed by atoms with Gasteiger partial charge in [0, 0.05) is 0 Å². The van der Waals surface area contributed by atoms with Gasteiger partial charge >= 0.3 is 11.9 Å². The molecule has 16 heavy (non-hydrogen) atoms. The summed E-state index contributed by atoms with van der Waals surface area (Å²) in [6, 6.07) is 0. The van der Waals surface area contributed by atoms with Gasteiger partial charge in [0.25, 0.3) is 0 Å². The fourth-order valence-corrected chi connectivity index (χ4v) is 1.83. The molecule has 1 rings (SSSR count). The SMILES string of the molecule is CCCC(C)(CC)C(=O)OC1COC(=O)C1. The van der Waals surface area contributed by atoms with Gasteiger partial charge in [0.1, 0.15) is 12.7 Å². The number of rotatable bonds is 5. The lowest BCUT2D eigenvalue weighted by Gasteiger charge is -2.26. The summed E-state index contributed by atoms with van der Waals surface area (Å²) in [6.45, 7) is 6.14. The van der Waals surface area contributed by atoms with Crippen molar-refractivity contribution in [3.8, 4) is 0 Å². The van der Waals surface area contributed by atoms with E-state index in [0.29, 0.717) is 0 Å². The average molecular weight is 228 g/mol. The minimum absolute atomic E-state index is 0.192. The molecule has 0 aromatic rings. The number of carbonyl (C=O) groups excluding carboxylic acids is 2. The minimum atomic E-state index is -0.430. The molecule has 1 heterocycles. The Hall–Kier alpha value is -1.06. The Morgan fingerprint density at radius 1 is 1.56 bits per heavy atom. The molecular weight excluding hydrogens is 208 g/mol. The van der Waals surface area contributed by atoms with Crippen LogP contribution in [0.1, 0.15) is 46.5 Å². The Kier molecular flexibility index (Phi) is 4.33. The fourth-order valence-electron chi connectivity index (χ4n) is 1.83. The highest BCUT2D eigenvalue weighted by atomic mass is 16.6. The zero-order valence-electron chi connectivity index (χ0n) is 10.2. The molecule has 92 valence electrons. The van der Waals surface area contributed by atoms with Crippen molar-refractivity contribution < 1.29 is 19.1 Å². The van der Waals surface area contributed by atoms with Gasteiger partial charge in [0.2, 0.25) is 0 Å². The molecule has 0 N–H and O–H groups in total. The van der Waals surface area contributed by atoms with Crippen molar-refractivity contribution in [2.75, 3.05) is 6.61 Å². The summed E-state index contributed by atoms with van der Waals surface area (Å²) >= 11 is 0. The Bertz CT molecular complexity index is 274. The van der Waals surface area contributed by atoms with Crippen LogP contribution in [0.25, 0.3) is 0 Å². The predicted octanol–water partition coefficient (Wildman–Crippen LogP) is 2.06. The number of ether oxygens (including phenoxy) is 2. The van der Waals surface area contributed by atoms with Gasteiger partial charge in [-0.15, -0.1) is 0 Å². The number of hydrogen-bond donors (Lipinski definition) is 0. The van der Waals surface area contributed by atoms with Crippen molar-refractivity contribution in [1.82, 2.24) is 0 Å². The predicted molar refractivity (Wildman–Crippen MR) is 58.8 cm³/mol. The molecule has 1 aliphatic heterocycles. The van der Waals surface area contributed by atoms with Crippen LogP contribution in [-0.2, 0) is 19.1 Å². The molecule has 0 radical (unpaired) electrons. The molecule has 4 nitrogen and oxygen atoms in total. The van der Waals surface area contributed by atoms with Gasteiger partial charge in [-0.05, 0) is 19.8 Å². The third-order valence-corrected chi connectivity index (χ3v) is 3.17. The molecule has 1 aliphatic rings. The second kappa shape index (κ2) is 5.32. The first-order valence-electron chi connectivity index (χ1n) is 5.88. The van der Waals surface area contributed by atoms with Crippen molar-refractivity contribution >= 4 is 11.9 Å². The summed E-state index contributed by atoms with van der Waals surface area (Å²) in [5.41, 5.74) is -0.430. The average Bonchev–Trinajstić information content (AvgIpc) is 2.64. The Labute approximate surface area is 96.3 Å². The first-order chi connectivity index (χ1) is 7.51. The van der Waals surface area contributed by atoms with E-state index in [2.05, 4.69) is 0 Å². The number of cyclic esters (lactones) is 1. The molecule has 0 aliphatic carbocycles. The van der Waals surface area contributed by atoms with Gasteiger partial charge in [-0.1, -0.05) is 20.3 Å². The molecule has 0 saturated carbocycles.